The number of methoxy groups -OCH3 is 1. The Bertz CT molecular complexity index is 1190. The number of aliphatic hydroxyl groups excluding tert-OH is 1. The van der Waals surface area contributed by atoms with Crippen LogP contribution in [0.2, 0.25) is 0 Å². The Morgan fingerprint density at radius 2 is 1.79 bits per heavy atom. The van der Waals surface area contributed by atoms with Gasteiger partial charge >= 0.3 is 0 Å². The third-order valence-corrected chi connectivity index (χ3v) is 7.21. The van der Waals surface area contributed by atoms with E-state index in [1.807, 2.05) is 0 Å². The summed E-state index contributed by atoms with van der Waals surface area (Å²) in [5, 5.41) is 21.0. The van der Waals surface area contributed by atoms with Crippen molar-refractivity contribution in [3.63, 3.8) is 0 Å². The molecule has 176 valence electrons. The van der Waals surface area contributed by atoms with E-state index in [2.05, 4.69) is 0 Å². The molecule has 9 nitrogen and oxygen atoms in total. The summed E-state index contributed by atoms with van der Waals surface area (Å²) in [7, 11) is 0.670. The molecule has 2 aromatic carbocycles. The van der Waals surface area contributed by atoms with Gasteiger partial charge in [0.1, 0.15) is 11.5 Å². The number of amides is 1. The number of Topliss-reactive ketones (excluding diaryl/α,β-unsaturated/α-hetero) is 1. The van der Waals surface area contributed by atoms with Crippen LogP contribution >= 0.6 is 0 Å². The number of aliphatic hydroxyl groups is 1. The molecule has 33 heavy (non-hydrogen) atoms. The van der Waals surface area contributed by atoms with Crippen LogP contribution in [0.15, 0.2) is 59.0 Å². The van der Waals surface area contributed by atoms with Gasteiger partial charge in [0.05, 0.1) is 16.5 Å². The molecule has 2 N–H and O–H groups in total. The molecular formula is C23H26N2O7S. The number of phenolic OH excluding ortho intramolecular Hbond substituents is 1. The molecule has 1 heterocycles. The van der Waals surface area contributed by atoms with Gasteiger partial charge in [-0.25, -0.2) is 12.7 Å². The highest BCUT2D eigenvalue weighted by molar-refractivity contribution is 7.89. The van der Waals surface area contributed by atoms with E-state index in [-0.39, 0.29) is 28.3 Å². The highest BCUT2D eigenvalue weighted by atomic mass is 32.2. The van der Waals surface area contributed by atoms with Crippen LogP contribution in [-0.4, -0.2) is 73.9 Å². The van der Waals surface area contributed by atoms with Crippen LogP contribution in [0.1, 0.15) is 23.6 Å². The first-order valence-electron chi connectivity index (χ1n) is 10.2. The van der Waals surface area contributed by atoms with Gasteiger partial charge in [0, 0.05) is 39.9 Å². The number of carbonyl (C=O) groups excluding carboxylic acids is 2. The average Bonchev–Trinajstić information content (AvgIpc) is 3.03. The number of hydrogen-bond acceptors (Lipinski definition) is 7. The lowest BCUT2D eigenvalue weighted by Crippen LogP contribution is -2.31. The smallest absolute Gasteiger partial charge is 0.295 e. The molecule has 0 aliphatic carbocycles. The minimum atomic E-state index is -3.67. The number of ketones is 1. The number of hydrogen-bond donors (Lipinski definition) is 2. The summed E-state index contributed by atoms with van der Waals surface area (Å²) in [5.74, 6) is -2.10. The Kier molecular flexibility index (Phi) is 7.21. The number of nitrogens with zero attached hydrogens (tertiary/aromatic N) is 2. The van der Waals surface area contributed by atoms with E-state index >= 15 is 0 Å². The summed E-state index contributed by atoms with van der Waals surface area (Å²) in [4.78, 5) is 27.1. The molecule has 0 radical (unpaired) electrons. The maximum atomic E-state index is 12.9. The summed E-state index contributed by atoms with van der Waals surface area (Å²) < 4.78 is 30.7. The molecule has 10 heteroatoms. The van der Waals surface area contributed by atoms with Gasteiger partial charge in [0.25, 0.3) is 11.7 Å². The summed E-state index contributed by atoms with van der Waals surface area (Å²) in [6.45, 7) is 0.576. The zero-order valence-corrected chi connectivity index (χ0v) is 19.4. The van der Waals surface area contributed by atoms with E-state index in [0.717, 1.165) is 4.31 Å². The predicted molar refractivity (Wildman–Crippen MR) is 121 cm³/mol. The first-order valence-corrected chi connectivity index (χ1v) is 11.6. The minimum Gasteiger partial charge on any atom is -0.508 e. The lowest BCUT2D eigenvalue weighted by Gasteiger charge is -2.25. The fourth-order valence-corrected chi connectivity index (χ4v) is 4.58. The molecule has 1 aliphatic rings. The Balaban J connectivity index is 2.10. The van der Waals surface area contributed by atoms with Gasteiger partial charge in [-0.15, -0.1) is 0 Å². The van der Waals surface area contributed by atoms with E-state index in [1.165, 1.54) is 62.5 Å². The first-order chi connectivity index (χ1) is 15.6. The molecule has 1 amide bonds. The molecule has 0 saturated carbocycles. The van der Waals surface area contributed by atoms with Gasteiger partial charge in [-0.3, -0.25) is 9.59 Å². The van der Waals surface area contributed by atoms with E-state index in [0.29, 0.717) is 18.6 Å². The van der Waals surface area contributed by atoms with Crippen molar-refractivity contribution >= 4 is 27.5 Å². The van der Waals surface area contributed by atoms with Gasteiger partial charge in [0.2, 0.25) is 10.0 Å². The fraction of sp³-hybridized carbons (Fsp3) is 0.304. The minimum absolute atomic E-state index is 0.0219. The number of carbonyl (C=O) groups is 2. The van der Waals surface area contributed by atoms with Gasteiger partial charge in [0.15, 0.2) is 0 Å². The quantitative estimate of drug-likeness (QED) is 0.260. The highest BCUT2D eigenvalue weighted by Crippen LogP contribution is 2.40. The van der Waals surface area contributed by atoms with Crippen molar-refractivity contribution in [3.8, 4) is 5.75 Å². The highest BCUT2D eigenvalue weighted by Gasteiger charge is 2.45. The standard InChI is InChI=1S/C23H26N2O7S/c1-24(2)33(30,31)18-10-8-15(9-11-18)21(27)19-20(16-6-4-7-17(26)14-16)25(12-5-13-32-3)23(29)22(19)28/h4,6-11,14,20,26-27H,5,12-13H2,1-3H3/b21-19+/t20-/m1/s1. The number of ether oxygens (including phenoxy) is 1. The number of sulfonamides is 1. The van der Waals surface area contributed by atoms with Crippen molar-refractivity contribution in [2.45, 2.75) is 17.4 Å². The van der Waals surface area contributed by atoms with Crippen molar-refractivity contribution in [2.24, 2.45) is 0 Å². The van der Waals surface area contributed by atoms with E-state index in [9.17, 15) is 28.2 Å². The predicted octanol–water partition coefficient (Wildman–Crippen LogP) is 2.10. The number of benzene rings is 2. The van der Waals surface area contributed by atoms with Crippen molar-refractivity contribution in [1.29, 1.82) is 0 Å². The summed E-state index contributed by atoms with van der Waals surface area (Å²) >= 11 is 0. The van der Waals surface area contributed by atoms with E-state index < -0.39 is 33.5 Å². The Labute approximate surface area is 192 Å². The lowest BCUT2D eigenvalue weighted by atomic mass is 9.95. The van der Waals surface area contributed by atoms with Crippen molar-refractivity contribution in [3.05, 3.63) is 65.2 Å². The van der Waals surface area contributed by atoms with Crippen LogP contribution in [-0.2, 0) is 24.3 Å². The molecule has 0 bridgehead atoms. The van der Waals surface area contributed by atoms with Gasteiger partial charge in [-0.1, -0.05) is 12.1 Å². The molecule has 1 fully saturated rings. The molecule has 0 spiro atoms. The average molecular weight is 475 g/mol. The zero-order chi connectivity index (χ0) is 24.3. The SMILES string of the molecule is COCCCN1C(=O)C(=O)/C(=C(/O)c2ccc(S(=O)(=O)N(C)C)cc2)[C@H]1c1cccc(O)c1. The van der Waals surface area contributed by atoms with Crippen LogP contribution in [0.4, 0.5) is 0 Å². The Morgan fingerprint density at radius 3 is 2.36 bits per heavy atom. The topological polar surface area (TPSA) is 124 Å². The molecule has 0 unspecified atom stereocenters. The second kappa shape index (κ2) is 9.74. The Morgan fingerprint density at radius 1 is 1.12 bits per heavy atom. The van der Waals surface area contributed by atoms with E-state index in [4.69, 9.17) is 4.74 Å². The van der Waals surface area contributed by atoms with Crippen LogP contribution in [0.3, 0.4) is 0 Å². The zero-order valence-electron chi connectivity index (χ0n) is 18.6. The van der Waals surface area contributed by atoms with E-state index in [1.54, 1.807) is 12.1 Å². The molecule has 1 saturated heterocycles. The molecule has 2 aromatic rings. The normalized spacial score (nSPS) is 18.3. The summed E-state index contributed by atoms with van der Waals surface area (Å²) in [6, 6.07) is 10.6. The molecular weight excluding hydrogens is 448 g/mol. The molecule has 1 atom stereocenters. The number of aromatic hydroxyl groups is 1. The molecule has 0 aromatic heterocycles. The third-order valence-electron chi connectivity index (χ3n) is 5.38. The van der Waals surface area contributed by atoms with Crippen LogP contribution in [0.25, 0.3) is 5.76 Å². The second-order valence-corrected chi connectivity index (χ2v) is 9.90. The Hall–Kier alpha value is -3.21. The van der Waals surface area contributed by atoms with Crippen LogP contribution in [0.5, 0.6) is 5.75 Å². The largest absolute Gasteiger partial charge is 0.508 e. The van der Waals surface area contributed by atoms with Crippen molar-refractivity contribution in [1.82, 2.24) is 9.21 Å². The van der Waals surface area contributed by atoms with Crippen LogP contribution < -0.4 is 0 Å². The van der Waals surface area contributed by atoms with Crippen LogP contribution in [0, 0.1) is 0 Å². The fourth-order valence-electron chi connectivity index (χ4n) is 3.68. The van der Waals surface area contributed by atoms with Crippen molar-refractivity contribution in [2.75, 3.05) is 34.4 Å². The maximum absolute atomic E-state index is 12.9. The number of phenols is 1. The summed E-state index contributed by atoms with van der Waals surface area (Å²) in [6.07, 6.45) is 0.468. The maximum Gasteiger partial charge on any atom is 0.295 e. The third kappa shape index (κ3) is 4.77. The lowest BCUT2D eigenvalue weighted by molar-refractivity contribution is -0.140. The molecule has 1 aliphatic heterocycles. The van der Waals surface area contributed by atoms with Gasteiger partial charge in [-0.2, -0.15) is 0 Å². The molecule has 3 rings (SSSR count). The summed E-state index contributed by atoms with van der Waals surface area (Å²) in [5.41, 5.74) is 0.513. The monoisotopic (exact) mass is 474 g/mol. The van der Waals surface area contributed by atoms with Gasteiger partial charge in [-0.05, 0) is 48.4 Å². The number of likely N-dealkylation sites (tertiary alicyclic amines) is 1. The number of rotatable bonds is 8. The van der Waals surface area contributed by atoms with Crippen molar-refractivity contribution < 1.29 is 33.0 Å². The van der Waals surface area contributed by atoms with Gasteiger partial charge < -0.3 is 19.8 Å². The first kappa shape index (κ1) is 24.4. The second-order valence-electron chi connectivity index (χ2n) is 7.75.